The van der Waals surface area contributed by atoms with Gasteiger partial charge >= 0.3 is 0 Å². The highest BCUT2D eigenvalue weighted by Gasteiger charge is 2.21. The molecule has 1 unspecified atom stereocenters. The minimum absolute atomic E-state index is 0.164. The molecule has 2 heterocycles. The highest BCUT2D eigenvalue weighted by atomic mass is 16.5. The summed E-state index contributed by atoms with van der Waals surface area (Å²) in [5.74, 6) is 1.23. The third-order valence-electron chi connectivity index (χ3n) is 3.49. The molecule has 0 saturated carbocycles. The van der Waals surface area contributed by atoms with Crippen LogP contribution in [-0.2, 0) is 0 Å². The van der Waals surface area contributed by atoms with Gasteiger partial charge in [-0.15, -0.1) is 0 Å². The van der Waals surface area contributed by atoms with Crippen LogP contribution in [-0.4, -0.2) is 59.0 Å². The number of rotatable bonds is 6. The van der Waals surface area contributed by atoms with Crippen LogP contribution in [0.4, 0.5) is 0 Å². The Morgan fingerprint density at radius 2 is 2.16 bits per heavy atom. The number of likely N-dealkylation sites (tertiary alicyclic amines) is 1. The minimum atomic E-state index is -0.624. The predicted molar refractivity (Wildman–Crippen MR) is 72.0 cm³/mol. The number of hydrogen-bond donors (Lipinski definition) is 2. The number of aromatic nitrogens is 1. The Kier molecular flexibility index (Phi) is 5.57. The van der Waals surface area contributed by atoms with Gasteiger partial charge in [0.25, 0.3) is 0 Å². The van der Waals surface area contributed by atoms with Crippen molar-refractivity contribution in [2.24, 2.45) is 5.92 Å². The van der Waals surface area contributed by atoms with Gasteiger partial charge in [0.15, 0.2) is 0 Å². The molecule has 106 valence electrons. The maximum absolute atomic E-state index is 9.40. The van der Waals surface area contributed by atoms with E-state index < -0.39 is 6.10 Å². The van der Waals surface area contributed by atoms with E-state index >= 15 is 0 Å². The lowest BCUT2D eigenvalue weighted by molar-refractivity contribution is 0.0432. The van der Waals surface area contributed by atoms with E-state index in [4.69, 9.17) is 9.84 Å². The fourth-order valence-electron chi connectivity index (χ4n) is 2.33. The lowest BCUT2D eigenvalue weighted by Gasteiger charge is -2.32. The Balaban J connectivity index is 1.66. The predicted octanol–water partition coefficient (Wildman–Crippen LogP) is 0.526. The van der Waals surface area contributed by atoms with Gasteiger partial charge in [-0.3, -0.25) is 0 Å². The maximum atomic E-state index is 9.40. The van der Waals surface area contributed by atoms with Gasteiger partial charge in [-0.2, -0.15) is 0 Å². The highest BCUT2D eigenvalue weighted by molar-refractivity contribution is 5.09. The highest BCUT2D eigenvalue weighted by Crippen LogP contribution is 2.18. The smallest absolute Gasteiger partial charge is 0.213 e. The van der Waals surface area contributed by atoms with Crippen LogP contribution in [0.3, 0.4) is 0 Å². The van der Waals surface area contributed by atoms with Crippen LogP contribution in [0.15, 0.2) is 24.4 Å². The third-order valence-corrected chi connectivity index (χ3v) is 3.49. The molecular formula is C14H22N2O3. The molecular weight excluding hydrogens is 244 g/mol. The van der Waals surface area contributed by atoms with Gasteiger partial charge in [-0.05, 0) is 37.9 Å². The van der Waals surface area contributed by atoms with Crippen LogP contribution in [0.2, 0.25) is 0 Å². The summed E-state index contributed by atoms with van der Waals surface area (Å²) >= 11 is 0. The van der Waals surface area contributed by atoms with E-state index in [-0.39, 0.29) is 6.61 Å². The van der Waals surface area contributed by atoms with E-state index in [2.05, 4.69) is 9.88 Å². The van der Waals surface area contributed by atoms with Crippen molar-refractivity contribution in [3.05, 3.63) is 24.4 Å². The summed E-state index contributed by atoms with van der Waals surface area (Å²) < 4.78 is 5.66. The lowest BCUT2D eigenvalue weighted by atomic mass is 9.97. The van der Waals surface area contributed by atoms with E-state index in [0.717, 1.165) is 25.9 Å². The summed E-state index contributed by atoms with van der Waals surface area (Å²) in [4.78, 5) is 6.33. The molecule has 1 aromatic heterocycles. The Morgan fingerprint density at radius 3 is 2.79 bits per heavy atom. The van der Waals surface area contributed by atoms with E-state index in [0.29, 0.717) is 24.9 Å². The van der Waals surface area contributed by atoms with Crippen LogP contribution < -0.4 is 4.74 Å². The summed E-state index contributed by atoms with van der Waals surface area (Å²) in [5, 5.41) is 18.2. The molecule has 5 heteroatoms. The molecule has 0 bridgehead atoms. The van der Waals surface area contributed by atoms with Crippen molar-refractivity contribution in [3.8, 4) is 5.88 Å². The summed E-state index contributed by atoms with van der Waals surface area (Å²) in [7, 11) is 0. The van der Waals surface area contributed by atoms with E-state index in [1.54, 1.807) is 6.20 Å². The SMILES string of the molecule is OCC(O)CN1CCC(COc2ccccn2)CC1. The second-order valence-electron chi connectivity index (χ2n) is 5.06. The zero-order valence-corrected chi connectivity index (χ0v) is 11.1. The van der Waals surface area contributed by atoms with Crippen molar-refractivity contribution in [3.63, 3.8) is 0 Å². The average Bonchev–Trinajstić information content (AvgIpc) is 2.47. The topological polar surface area (TPSA) is 65.8 Å². The molecule has 2 N–H and O–H groups in total. The second kappa shape index (κ2) is 7.43. The summed E-state index contributed by atoms with van der Waals surface area (Å²) in [5.41, 5.74) is 0. The fraction of sp³-hybridized carbons (Fsp3) is 0.643. The number of nitrogens with zero attached hydrogens (tertiary/aromatic N) is 2. The molecule has 0 spiro atoms. The lowest BCUT2D eigenvalue weighted by Crippen LogP contribution is -2.40. The zero-order valence-electron chi connectivity index (χ0n) is 11.1. The number of pyridine rings is 1. The standard InChI is InChI=1S/C14H22N2O3/c17-10-13(18)9-16-7-4-12(5-8-16)11-19-14-3-1-2-6-15-14/h1-3,6,12-13,17-18H,4-5,7-11H2. The molecule has 1 aliphatic heterocycles. The molecule has 1 aromatic rings. The molecule has 0 aliphatic carbocycles. The molecule has 0 aromatic carbocycles. The van der Waals surface area contributed by atoms with Crippen LogP contribution >= 0.6 is 0 Å². The van der Waals surface area contributed by atoms with E-state index in [1.165, 1.54) is 0 Å². The monoisotopic (exact) mass is 266 g/mol. The van der Waals surface area contributed by atoms with Crippen molar-refractivity contribution >= 4 is 0 Å². The van der Waals surface area contributed by atoms with Crippen molar-refractivity contribution in [2.45, 2.75) is 18.9 Å². The van der Waals surface area contributed by atoms with Gasteiger partial charge < -0.3 is 19.8 Å². The van der Waals surface area contributed by atoms with Crippen LogP contribution in [0.1, 0.15) is 12.8 Å². The largest absolute Gasteiger partial charge is 0.477 e. The van der Waals surface area contributed by atoms with Crippen LogP contribution in [0, 0.1) is 5.92 Å². The average molecular weight is 266 g/mol. The minimum Gasteiger partial charge on any atom is -0.477 e. The van der Waals surface area contributed by atoms with E-state index in [1.807, 2.05) is 18.2 Å². The van der Waals surface area contributed by atoms with Crippen molar-refractivity contribution < 1.29 is 14.9 Å². The number of hydrogen-bond acceptors (Lipinski definition) is 5. The van der Waals surface area contributed by atoms with E-state index in [9.17, 15) is 5.11 Å². The normalized spacial score (nSPS) is 19.3. The first-order valence-electron chi connectivity index (χ1n) is 6.83. The summed E-state index contributed by atoms with van der Waals surface area (Å²) in [6.45, 7) is 3.00. The summed E-state index contributed by atoms with van der Waals surface area (Å²) in [6, 6.07) is 5.66. The first kappa shape index (κ1) is 14.2. The molecule has 2 rings (SSSR count). The number of ether oxygens (including phenoxy) is 1. The first-order chi connectivity index (χ1) is 9.28. The first-order valence-corrected chi connectivity index (χ1v) is 6.83. The van der Waals surface area contributed by atoms with Crippen molar-refractivity contribution in [1.82, 2.24) is 9.88 Å². The number of aliphatic hydroxyl groups excluding tert-OH is 2. The van der Waals surface area contributed by atoms with Crippen LogP contribution in [0.25, 0.3) is 0 Å². The Labute approximate surface area is 113 Å². The maximum Gasteiger partial charge on any atom is 0.213 e. The molecule has 0 amide bonds. The molecule has 0 radical (unpaired) electrons. The molecule has 1 aliphatic rings. The van der Waals surface area contributed by atoms with Crippen LogP contribution in [0.5, 0.6) is 5.88 Å². The summed E-state index contributed by atoms with van der Waals surface area (Å²) in [6.07, 6.45) is 3.23. The number of β-amino-alcohol motifs (C(OH)–C–C–N with tert-alkyl or cyclic N) is 1. The van der Waals surface area contributed by atoms with Crippen molar-refractivity contribution in [2.75, 3.05) is 32.8 Å². The van der Waals surface area contributed by atoms with Crippen molar-refractivity contribution in [1.29, 1.82) is 0 Å². The molecule has 5 nitrogen and oxygen atoms in total. The molecule has 19 heavy (non-hydrogen) atoms. The fourth-order valence-corrected chi connectivity index (χ4v) is 2.33. The Hall–Kier alpha value is -1.17. The van der Waals surface area contributed by atoms with Gasteiger partial charge in [-0.1, -0.05) is 6.07 Å². The molecule has 1 fully saturated rings. The zero-order chi connectivity index (χ0) is 13.5. The number of piperidine rings is 1. The van der Waals surface area contributed by atoms with Gasteiger partial charge in [0.2, 0.25) is 5.88 Å². The van der Waals surface area contributed by atoms with Gasteiger partial charge in [0, 0.05) is 18.8 Å². The Morgan fingerprint density at radius 1 is 1.37 bits per heavy atom. The molecule has 1 atom stereocenters. The van der Waals surface area contributed by atoms with Gasteiger partial charge in [0.1, 0.15) is 0 Å². The quantitative estimate of drug-likeness (QED) is 0.786. The molecule has 1 saturated heterocycles. The number of aliphatic hydroxyl groups is 2. The van der Waals surface area contributed by atoms with Gasteiger partial charge in [-0.25, -0.2) is 4.98 Å². The Bertz CT molecular complexity index is 353. The second-order valence-corrected chi connectivity index (χ2v) is 5.06. The van der Waals surface area contributed by atoms with Gasteiger partial charge in [0.05, 0.1) is 19.3 Å². The third kappa shape index (κ3) is 4.78.